The summed E-state index contributed by atoms with van der Waals surface area (Å²) in [4.78, 5) is 15.3. The zero-order chi connectivity index (χ0) is 22.0. The van der Waals surface area contributed by atoms with E-state index in [0.717, 1.165) is 29.5 Å². The van der Waals surface area contributed by atoms with E-state index >= 15 is 0 Å². The monoisotopic (exact) mass is 438 g/mol. The Balaban J connectivity index is 1.60. The number of nitrogens with one attached hydrogen (secondary N) is 1. The fourth-order valence-electron chi connectivity index (χ4n) is 4.17. The summed E-state index contributed by atoms with van der Waals surface area (Å²) >= 11 is 5.43. The maximum atomic E-state index is 13.3. The van der Waals surface area contributed by atoms with Crippen molar-refractivity contribution in [2.75, 3.05) is 20.8 Å². The van der Waals surface area contributed by atoms with Crippen LogP contribution in [-0.2, 0) is 11.3 Å². The highest BCUT2D eigenvalue weighted by Crippen LogP contribution is 2.37. The number of likely N-dealkylation sites (tertiary alicyclic amines) is 1. The lowest BCUT2D eigenvalue weighted by Crippen LogP contribution is -2.33. The summed E-state index contributed by atoms with van der Waals surface area (Å²) < 4.78 is 13.0. The zero-order valence-corrected chi connectivity index (χ0v) is 18.7. The molecule has 0 bridgehead atoms. The van der Waals surface area contributed by atoms with Crippen LogP contribution in [0.15, 0.2) is 42.5 Å². The van der Waals surface area contributed by atoms with Crippen molar-refractivity contribution >= 4 is 18.1 Å². The van der Waals surface area contributed by atoms with Crippen molar-refractivity contribution in [3.8, 4) is 22.9 Å². The standard InChI is InChI=1S/C23H26N4O3S/c1-15-6-4-7-17(12-15)22-24-25-23(31)27(22)14-21(28)26-11-5-8-18(26)16-9-10-19(29-2)20(13-16)30-3/h4,6-7,9-10,12-13,18H,5,8,11,14H2,1-3H3,(H,25,31)/t18-/m0/s1. The van der Waals surface area contributed by atoms with Gasteiger partial charge in [0.15, 0.2) is 22.1 Å². The van der Waals surface area contributed by atoms with Crippen LogP contribution in [0.3, 0.4) is 0 Å². The van der Waals surface area contributed by atoms with Gasteiger partial charge in [0.25, 0.3) is 0 Å². The SMILES string of the molecule is COc1ccc([C@@H]2CCCN2C(=O)Cn2c(-c3cccc(C)c3)n[nH]c2=S)cc1OC. The minimum absolute atomic E-state index is 0.00389. The van der Waals surface area contributed by atoms with Crippen molar-refractivity contribution in [3.05, 3.63) is 58.4 Å². The highest BCUT2D eigenvalue weighted by Gasteiger charge is 2.31. The third-order valence-electron chi connectivity index (χ3n) is 5.69. The zero-order valence-electron chi connectivity index (χ0n) is 17.9. The van der Waals surface area contributed by atoms with Crippen LogP contribution in [0.2, 0.25) is 0 Å². The Morgan fingerprint density at radius 3 is 2.74 bits per heavy atom. The van der Waals surface area contributed by atoms with Gasteiger partial charge < -0.3 is 14.4 Å². The van der Waals surface area contributed by atoms with E-state index in [-0.39, 0.29) is 18.5 Å². The number of ether oxygens (including phenoxy) is 2. The highest BCUT2D eigenvalue weighted by atomic mass is 32.1. The van der Waals surface area contributed by atoms with Crippen LogP contribution in [-0.4, -0.2) is 46.3 Å². The Morgan fingerprint density at radius 2 is 2.00 bits per heavy atom. The van der Waals surface area contributed by atoms with Crippen LogP contribution in [0.1, 0.15) is 30.0 Å². The highest BCUT2D eigenvalue weighted by molar-refractivity contribution is 7.71. The first-order valence-corrected chi connectivity index (χ1v) is 10.7. The summed E-state index contributed by atoms with van der Waals surface area (Å²) in [6.45, 7) is 2.88. The van der Waals surface area contributed by atoms with Crippen molar-refractivity contribution in [2.24, 2.45) is 0 Å². The lowest BCUT2D eigenvalue weighted by Gasteiger charge is -2.26. The van der Waals surface area contributed by atoms with E-state index in [1.54, 1.807) is 18.8 Å². The van der Waals surface area contributed by atoms with E-state index in [9.17, 15) is 4.79 Å². The number of aromatic nitrogens is 3. The van der Waals surface area contributed by atoms with Gasteiger partial charge in [0.05, 0.1) is 20.3 Å². The van der Waals surface area contributed by atoms with Crippen LogP contribution in [0, 0.1) is 11.7 Å². The predicted molar refractivity (Wildman–Crippen MR) is 121 cm³/mol. The minimum atomic E-state index is -0.00389. The summed E-state index contributed by atoms with van der Waals surface area (Å²) in [5.74, 6) is 2.03. The third-order valence-corrected chi connectivity index (χ3v) is 6.01. The van der Waals surface area contributed by atoms with Gasteiger partial charge in [-0.05, 0) is 55.7 Å². The number of aromatic amines is 1. The number of rotatable bonds is 6. The molecule has 1 fully saturated rings. The van der Waals surface area contributed by atoms with Crippen LogP contribution < -0.4 is 9.47 Å². The molecule has 0 saturated carbocycles. The maximum absolute atomic E-state index is 13.3. The smallest absolute Gasteiger partial charge is 0.243 e. The fourth-order valence-corrected chi connectivity index (χ4v) is 4.36. The lowest BCUT2D eigenvalue weighted by molar-refractivity contribution is -0.132. The molecular formula is C23H26N4O3S. The molecule has 0 unspecified atom stereocenters. The van der Waals surface area contributed by atoms with E-state index in [1.165, 1.54) is 0 Å². The van der Waals surface area contributed by atoms with E-state index in [0.29, 0.717) is 28.6 Å². The molecule has 4 rings (SSSR count). The fraction of sp³-hybridized carbons (Fsp3) is 0.348. The van der Waals surface area contributed by atoms with Crippen molar-refractivity contribution in [3.63, 3.8) is 0 Å². The summed E-state index contributed by atoms with van der Waals surface area (Å²) in [7, 11) is 3.23. The third kappa shape index (κ3) is 4.20. The maximum Gasteiger partial charge on any atom is 0.243 e. The average molecular weight is 439 g/mol. The lowest BCUT2D eigenvalue weighted by atomic mass is 10.0. The molecule has 1 N–H and O–H groups in total. The van der Waals surface area contributed by atoms with E-state index in [1.807, 2.05) is 54.3 Å². The number of hydrogen-bond acceptors (Lipinski definition) is 5. The van der Waals surface area contributed by atoms with Crippen molar-refractivity contribution in [2.45, 2.75) is 32.4 Å². The quantitative estimate of drug-likeness (QED) is 0.581. The Kier molecular flexibility index (Phi) is 6.08. The molecule has 2 heterocycles. The van der Waals surface area contributed by atoms with Crippen molar-refractivity contribution in [1.29, 1.82) is 0 Å². The molecule has 1 aliphatic heterocycles. The van der Waals surface area contributed by atoms with Crippen molar-refractivity contribution < 1.29 is 14.3 Å². The van der Waals surface area contributed by atoms with Crippen LogP contribution in [0.5, 0.6) is 11.5 Å². The molecule has 162 valence electrons. The Morgan fingerprint density at radius 1 is 1.19 bits per heavy atom. The van der Waals surface area contributed by atoms with Gasteiger partial charge in [0.1, 0.15) is 6.54 Å². The number of nitrogens with zero attached hydrogens (tertiary/aromatic N) is 3. The Bertz CT molecular complexity index is 1150. The number of amides is 1. The molecule has 0 aliphatic carbocycles. The molecule has 31 heavy (non-hydrogen) atoms. The summed E-state index contributed by atoms with van der Waals surface area (Å²) in [5, 5.41) is 7.21. The topological polar surface area (TPSA) is 72.4 Å². The van der Waals surface area contributed by atoms with Crippen LogP contribution >= 0.6 is 12.2 Å². The second-order valence-corrected chi connectivity index (χ2v) is 8.05. The second kappa shape index (κ2) is 8.93. The van der Waals surface area contributed by atoms with Crippen molar-refractivity contribution in [1.82, 2.24) is 19.7 Å². The summed E-state index contributed by atoms with van der Waals surface area (Å²) in [6, 6.07) is 13.8. The van der Waals surface area contributed by atoms with Crippen LogP contribution in [0.25, 0.3) is 11.4 Å². The van der Waals surface area contributed by atoms with E-state index in [2.05, 4.69) is 10.2 Å². The summed E-state index contributed by atoms with van der Waals surface area (Å²) in [6.07, 6.45) is 1.86. The number of benzene rings is 2. The Labute approximate surface area is 186 Å². The molecule has 1 saturated heterocycles. The first kappa shape index (κ1) is 21.1. The van der Waals surface area contributed by atoms with Gasteiger partial charge >= 0.3 is 0 Å². The number of carbonyl (C=O) groups is 1. The second-order valence-electron chi connectivity index (χ2n) is 7.67. The molecule has 2 aromatic carbocycles. The predicted octanol–water partition coefficient (Wildman–Crippen LogP) is 4.30. The van der Waals surface area contributed by atoms with Gasteiger partial charge in [-0.15, -0.1) is 0 Å². The van der Waals surface area contributed by atoms with E-state index < -0.39 is 0 Å². The number of H-pyrrole nitrogens is 1. The molecule has 8 heteroatoms. The number of hydrogen-bond donors (Lipinski definition) is 1. The molecular weight excluding hydrogens is 412 g/mol. The van der Waals surface area contributed by atoms with E-state index in [4.69, 9.17) is 21.7 Å². The van der Waals surface area contributed by atoms with Crippen LogP contribution in [0.4, 0.5) is 0 Å². The molecule has 0 spiro atoms. The molecule has 3 aromatic rings. The molecule has 1 amide bonds. The van der Waals surface area contributed by atoms with Gasteiger partial charge in [-0.3, -0.25) is 14.5 Å². The van der Waals surface area contributed by atoms with Gasteiger partial charge in [0.2, 0.25) is 5.91 Å². The first-order chi connectivity index (χ1) is 15.0. The molecule has 1 aromatic heterocycles. The summed E-state index contributed by atoms with van der Waals surface area (Å²) in [5.41, 5.74) is 3.09. The number of aryl methyl sites for hydroxylation is 1. The van der Waals surface area contributed by atoms with Gasteiger partial charge in [-0.1, -0.05) is 29.8 Å². The molecule has 1 atom stereocenters. The van der Waals surface area contributed by atoms with Gasteiger partial charge in [-0.2, -0.15) is 5.10 Å². The number of methoxy groups -OCH3 is 2. The minimum Gasteiger partial charge on any atom is -0.493 e. The molecule has 7 nitrogen and oxygen atoms in total. The molecule has 0 radical (unpaired) electrons. The Hall–Kier alpha value is -3.13. The molecule has 1 aliphatic rings. The van der Waals surface area contributed by atoms with Gasteiger partial charge in [0, 0.05) is 12.1 Å². The number of carbonyl (C=O) groups excluding carboxylic acids is 1. The largest absolute Gasteiger partial charge is 0.493 e. The normalized spacial score (nSPS) is 15.8. The van der Waals surface area contributed by atoms with Gasteiger partial charge in [-0.25, -0.2) is 0 Å². The first-order valence-electron chi connectivity index (χ1n) is 10.3. The average Bonchev–Trinajstić information content (AvgIpc) is 3.41.